The third kappa shape index (κ3) is 60.4. The van der Waals surface area contributed by atoms with Crippen LogP contribution in [0.1, 0.15) is 335 Å². The molecule has 450 valence electrons. The predicted molar refractivity (Wildman–Crippen MR) is 330 cm³/mol. The number of hydrogen-bond acceptors (Lipinski definition) is 6. The molecule has 3 unspecified atom stereocenters. The molecule has 0 radical (unpaired) electrons. The summed E-state index contributed by atoms with van der Waals surface area (Å²) in [5.74, 6) is -0.202. The maximum Gasteiger partial charge on any atom is 0.268 e. The van der Waals surface area contributed by atoms with Crippen LogP contribution in [-0.4, -0.2) is 68.5 Å². The number of likely N-dealkylation sites (N-methyl/N-ethyl adjacent to an activating group) is 1. The minimum absolute atomic E-state index is 0.00454. The molecule has 0 aromatic heterocycles. The van der Waals surface area contributed by atoms with Crippen molar-refractivity contribution in [2.45, 2.75) is 347 Å². The number of amides is 1. The summed E-state index contributed by atoms with van der Waals surface area (Å²) < 4.78 is 23.3. The van der Waals surface area contributed by atoms with E-state index in [0.717, 1.165) is 38.5 Å². The highest BCUT2D eigenvalue weighted by atomic mass is 31.2. The lowest BCUT2D eigenvalue weighted by Gasteiger charge is -2.29. The van der Waals surface area contributed by atoms with Gasteiger partial charge in [-0.15, -0.1) is 0 Å². The van der Waals surface area contributed by atoms with Gasteiger partial charge >= 0.3 is 0 Å². The third-order valence-electron chi connectivity index (χ3n) is 15.3. The van der Waals surface area contributed by atoms with E-state index in [0.29, 0.717) is 17.4 Å². The molecule has 8 nitrogen and oxygen atoms in total. The summed E-state index contributed by atoms with van der Waals surface area (Å²) in [6, 6.07) is -0.900. The van der Waals surface area contributed by atoms with Crippen LogP contribution < -0.4 is 10.2 Å². The lowest BCUT2D eigenvalue weighted by atomic mass is 10.0. The molecule has 9 heteroatoms. The quantitative estimate of drug-likeness (QED) is 0.0272. The van der Waals surface area contributed by atoms with E-state index in [1.54, 1.807) is 6.08 Å². The van der Waals surface area contributed by atoms with Crippen LogP contribution in [0.15, 0.2) is 36.5 Å². The van der Waals surface area contributed by atoms with Crippen molar-refractivity contribution in [1.82, 2.24) is 5.32 Å². The molecule has 76 heavy (non-hydrogen) atoms. The molecular formula is C67H131N2O6P. The number of unbranched alkanes of at least 4 members (excludes halogenated alkanes) is 45. The molecule has 0 fully saturated rings. The van der Waals surface area contributed by atoms with Gasteiger partial charge in [0.25, 0.3) is 7.82 Å². The Labute approximate surface area is 474 Å². The number of phosphoric ester groups is 1. The first-order valence-corrected chi connectivity index (χ1v) is 34.8. The van der Waals surface area contributed by atoms with Gasteiger partial charge in [0.1, 0.15) is 13.2 Å². The molecule has 0 rings (SSSR count). The fourth-order valence-electron chi connectivity index (χ4n) is 10.1. The number of phosphoric acid groups is 1. The Morgan fingerprint density at radius 3 is 1.07 bits per heavy atom. The highest BCUT2D eigenvalue weighted by Crippen LogP contribution is 2.38. The average molecular weight is 1090 g/mol. The van der Waals surface area contributed by atoms with Gasteiger partial charge in [-0.25, -0.2) is 0 Å². The molecule has 0 aliphatic rings. The van der Waals surface area contributed by atoms with Crippen molar-refractivity contribution in [1.29, 1.82) is 0 Å². The van der Waals surface area contributed by atoms with Crippen molar-refractivity contribution in [3.05, 3.63) is 36.5 Å². The Hall–Kier alpha value is -1.28. The van der Waals surface area contributed by atoms with E-state index in [1.165, 1.54) is 276 Å². The fraction of sp³-hybridized carbons (Fsp3) is 0.896. The van der Waals surface area contributed by atoms with Gasteiger partial charge in [-0.1, -0.05) is 307 Å². The van der Waals surface area contributed by atoms with Gasteiger partial charge in [-0.05, 0) is 57.8 Å². The fourth-order valence-corrected chi connectivity index (χ4v) is 10.8. The van der Waals surface area contributed by atoms with Crippen molar-refractivity contribution < 1.29 is 32.9 Å². The molecule has 0 saturated carbocycles. The summed E-state index contributed by atoms with van der Waals surface area (Å²) in [6.45, 7) is 4.65. The monoisotopic (exact) mass is 1090 g/mol. The van der Waals surface area contributed by atoms with Crippen LogP contribution in [0.5, 0.6) is 0 Å². The molecular weight excluding hydrogens is 960 g/mol. The molecule has 2 N–H and O–H groups in total. The topological polar surface area (TPSA) is 108 Å². The zero-order valence-electron chi connectivity index (χ0n) is 51.5. The summed E-state index contributed by atoms with van der Waals surface area (Å²) in [5.41, 5.74) is 0. The summed E-state index contributed by atoms with van der Waals surface area (Å²) in [5, 5.41) is 13.8. The number of aliphatic hydroxyl groups excluding tert-OH is 1. The molecule has 0 aromatic carbocycles. The van der Waals surface area contributed by atoms with Crippen molar-refractivity contribution in [2.24, 2.45) is 0 Å². The van der Waals surface area contributed by atoms with Crippen molar-refractivity contribution in [3.63, 3.8) is 0 Å². The molecule has 0 spiro atoms. The van der Waals surface area contributed by atoms with E-state index >= 15 is 0 Å². The third-order valence-corrected chi connectivity index (χ3v) is 16.3. The summed E-state index contributed by atoms with van der Waals surface area (Å²) in [6.07, 6.45) is 77.2. The highest BCUT2D eigenvalue weighted by molar-refractivity contribution is 7.45. The number of aliphatic hydroxyl groups is 1. The first kappa shape index (κ1) is 74.7. The lowest BCUT2D eigenvalue weighted by molar-refractivity contribution is -0.870. The number of hydrogen-bond donors (Lipinski definition) is 2. The summed E-state index contributed by atoms with van der Waals surface area (Å²) >= 11 is 0. The van der Waals surface area contributed by atoms with Gasteiger partial charge in [0.15, 0.2) is 0 Å². The van der Waals surface area contributed by atoms with E-state index in [-0.39, 0.29) is 19.1 Å². The van der Waals surface area contributed by atoms with Gasteiger partial charge < -0.3 is 28.8 Å². The molecule has 0 bridgehead atoms. The average Bonchev–Trinajstić information content (AvgIpc) is 3.38. The van der Waals surface area contributed by atoms with Crippen molar-refractivity contribution in [3.8, 4) is 0 Å². The first-order chi connectivity index (χ1) is 37.0. The minimum atomic E-state index is -4.60. The standard InChI is InChI=1S/C67H131N2O6P/c1-6-8-10-12-14-16-18-20-21-22-23-24-25-26-27-28-29-30-31-32-33-34-35-36-37-38-39-40-41-42-43-44-45-46-47-49-51-53-55-57-59-61-67(71)68-65(64-75-76(72,73)74-63-62-69(3,4)5)66(70)60-58-56-54-52-50-48-19-17-15-13-11-9-7-2/h22-23,50,52,58,60,65-66,70H,6-21,24-49,51,53-57,59,61-64H2,1-5H3,(H-,68,71,72,73)/b23-22-,52-50+,60-58+. The van der Waals surface area contributed by atoms with Crippen LogP contribution in [0.4, 0.5) is 0 Å². The maximum absolute atomic E-state index is 13.0. The Balaban J connectivity index is 3.82. The summed E-state index contributed by atoms with van der Waals surface area (Å²) in [7, 11) is 1.26. The van der Waals surface area contributed by atoms with Crippen LogP contribution in [-0.2, 0) is 18.4 Å². The SMILES string of the molecule is CCCCCCCCC/C=C/CC/C=C/C(O)C(COP(=O)([O-])OCC[N+](C)(C)C)NC(=O)CCCCCCCCCCCCCCCCCCCCCCCCCCCCCCC/C=C\CCCCCCCCCC. The largest absolute Gasteiger partial charge is 0.756 e. The Morgan fingerprint density at radius 1 is 0.447 bits per heavy atom. The number of carbonyl (C=O) groups excluding carboxylic acids is 1. The second kappa shape index (κ2) is 58.4. The van der Waals surface area contributed by atoms with Gasteiger partial charge in [-0.3, -0.25) is 9.36 Å². The smallest absolute Gasteiger partial charge is 0.268 e. The predicted octanol–water partition coefficient (Wildman–Crippen LogP) is 20.3. The molecule has 0 saturated heterocycles. The zero-order chi connectivity index (χ0) is 55.6. The molecule has 0 heterocycles. The number of carbonyl (C=O) groups is 1. The van der Waals surface area contributed by atoms with Crippen LogP contribution in [0, 0.1) is 0 Å². The Morgan fingerprint density at radius 2 is 0.737 bits per heavy atom. The van der Waals surface area contributed by atoms with E-state index in [1.807, 2.05) is 27.2 Å². The van der Waals surface area contributed by atoms with E-state index < -0.39 is 20.0 Å². The first-order valence-electron chi connectivity index (χ1n) is 33.4. The molecule has 0 aliphatic heterocycles. The molecule has 3 atom stereocenters. The van der Waals surface area contributed by atoms with E-state index in [2.05, 4.69) is 43.5 Å². The van der Waals surface area contributed by atoms with Crippen molar-refractivity contribution in [2.75, 3.05) is 40.9 Å². The number of nitrogens with one attached hydrogen (secondary N) is 1. The maximum atomic E-state index is 13.0. The number of allylic oxidation sites excluding steroid dienone is 5. The second-order valence-corrected chi connectivity index (χ2v) is 25.6. The van der Waals surface area contributed by atoms with Crippen LogP contribution in [0.3, 0.4) is 0 Å². The van der Waals surface area contributed by atoms with Crippen LogP contribution >= 0.6 is 7.82 Å². The number of quaternary nitrogens is 1. The van der Waals surface area contributed by atoms with Gasteiger partial charge in [0, 0.05) is 6.42 Å². The highest BCUT2D eigenvalue weighted by Gasteiger charge is 2.23. The van der Waals surface area contributed by atoms with E-state index in [9.17, 15) is 19.4 Å². The normalized spacial score (nSPS) is 13.9. The second-order valence-electron chi connectivity index (χ2n) is 24.2. The molecule has 0 aliphatic carbocycles. The van der Waals surface area contributed by atoms with Crippen molar-refractivity contribution >= 4 is 13.7 Å². The Bertz CT molecular complexity index is 1330. The zero-order valence-corrected chi connectivity index (χ0v) is 52.4. The van der Waals surface area contributed by atoms with Crippen LogP contribution in [0.25, 0.3) is 0 Å². The summed E-state index contributed by atoms with van der Waals surface area (Å²) in [4.78, 5) is 25.5. The number of nitrogens with zero attached hydrogens (tertiary/aromatic N) is 1. The lowest BCUT2D eigenvalue weighted by Crippen LogP contribution is -2.45. The van der Waals surface area contributed by atoms with Gasteiger partial charge in [0.2, 0.25) is 5.91 Å². The molecule has 1 amide bonds. The molecule has 0 aromatic rings. The minimum Gasteiger partial charge on any atom is -0.756 e. The number of rotatable bonds is 62. The van der Waals surface area contributed by atoms with Crippen LogP contribution in [0.2, 0.25) is 0 Å². The van der Waals surface area contributed by atoms with E-state index in [4.69, 9.17) is 9.05 Å². The van der Waals surface area contributed by atoms with Gasteiger partial charge in [0.05, 0.1) is 39.9 Å². The Kier molecular flexibility index (Phi) is 57.4. The van der Waals surface area contributed by atoms with Gasteiger partial charge in [-0.2, -0.15) is 0 Å².